The van der Waals surface area contributed by atoms with E-state index < -0.39 is 10.0 Å². The highest BCUT2D eigenvalue weighted by Crippen LogP contribution is 2.30. The molecule has 0 aliphatic carbocycles. The van der Waals surface area contributed by atoms with Gasteiger partial charge in [-0.1, -0.05) is 0 Å². The normalized spacial score (nSPS) is 16.8. The number of hydrogen-bond acceptors (Lipinski definition) is 5. The van der Waals surface area contributed by atoms with Gasteiger partial charge in [0.1, 0.15) is 6.73 Å². The van der Waals surface area contributed by atoms with Crippen molar-refractivity contribution in [1.82, 2.24) is 4.31 Å². The van der Waals surface area contributed by atoms with Crippen LogP contribution in [0.2, 0.25) is 0 Å². The van der Waals surface area contributed by atoms with E-state index in [4.69, 9.17) is 14.2 Å². The molecule has 1 saturated heterocycles. The fourth-order valence-corrected chi connectivity index (χ4v) is 3.04. The maximum atomic E-state index is 12.3. The third-order valence-electron chi connectivity index (χ3n) is 2.71. The van der Waals surface area contributed by atoms with Gasteiger partial charge >= 0.3 is 0 Å². The average Bonchev–Trinajstić information content (AvgIpc) is 2.92. The third-order valence-corrected chi connectivity index (χ3v) is 4.53. The number of hydrogen-bond donors (Lipinski definition) is 0. The highest BCUT2D eigenvalue weighted by atomic mass is 32.2. The minimum Gasteiger partial charge on any atom is -0.493 e. The molecule has 2 rings (SSSR count). The largest absolute Gasteiger partial charge is 0.493 e. The summed E-state index contributed by atoms with van der Waals surface area (Å²) in [5.41, 5.74) is 0. The van der Waals surface area contributed by atoms with Crippen LogP contribution in [0.3, 0.4) is 0 Å². The Labute approximate surface area is 106 Å². The molecule has 1 heterocycles. The van der Waals surface area contributed by atoms with Crippen LogP contribution < -0.4 is 9.47 Å². The van der Waals surface area contributed by atoms with E-state index in [0.717, 1.165) is 0 Å². The molecule has 0 atom stereocenters. The minimum absolute atomic E-state index is 0.0939. The number of nitrogens with zero attached hydrogens (tertiary/aromatic N) is 1. The van der Waals surface area contributed by atoms with Crippen molar-refractivity contribution in [2.75, 3.05) is 34.1 Å². The van der Waals surface area contributed by atoms with Crippen molar-refractivity contribution < 1.29 is 22.6 Å². The maximum Gasteiger partial charge on any atom is 0.245 e. The topological polar surface area (TPSA) is 65.1 Å². The number of benzene rings is 1. The molecule has 1 aliphatic heterocycles. The molecular formula is C11H15NO5S. The van der Waals surface area contributed by atoms with Gasteiger partial charge < -0.3 is 14.2 Å². The fraction of sp³-hybridized carbons (Fsp3) is 0.455. The summed E-state index contributed by atoms with van der Waals surface area (Å²) in [5, 5.41) is 0. The molecule has 1 aliphatic rings. The van der Waals surface area contributed by atoms with Crippen molar-refractivity contribution in [2.24, 2.45) is 0 Å². The fourth-order valence-electron chi connectivity index (χ4n) is 1.71. The summed E-state index contributed by atoms with van der Waals surface area (Å²) in [6, 6.07) is 4.52. The zero-order valence-corrected chi connectivity index (χ0v) is 11.1. The van der Waals surface area contributed by atoms with Gasteiger partial charge in [-0.15, -0.1) is 0 Å². The summed E-state index contributed by atoms with van der Waals surface area (Å²) in [6.07, 6.45) is 0. The van der Waals surface area contributed by atoms with E-state index in [-0.39, 0.29) is 11.6 Å². The number of rotatable bonds is 4. The van der Waals surface area contributed by atoms with Crippen LogP contribution in [0, 0.1) is 0 Å². The van der Waals surface area contributed by atoms with Crippen molar-refractivity contribution in [1.29, 1.82) is 0 Å². The summed E-state index contributed by atoms with van der Waals surface area (Å²) in [7, 11) is -0.558. The summed E-state index contributed by atoms with van der Waals surface area (Å²) in [5.74, 6) is 0.882. The molecule has 1 aromatic carbocycles. The standard InChI is InChI=1S/C11H15NO5S/c1-15-10-4-3-9(7-11(10)16-2)18(13,14)12-5-6-17-8-12/h3-4,7H,5-6,8H2,1-2H3. The van der Waals surface area contributed by atoms with Crippen LogP contribution in [-0.2, 0) is 14.8 Å². The molecule has 0 amide bonds. The van der Waals surface area contributed by atoms with Crippen LogP contribution in [0.15, 0.2) is 23.1 Å². The van der Waals surface area contributed by atoms with Crippen LogP contribution >= 0.6 is 0 Å². The predicted octanol–water partition coefficient (Wildman–Crippen LogP) is 0.682. The van der Waals surface area contributed by atoms with Crippen LogP contribution in [0.4, 0.5) is 0 Å². The first kappa shape index (κ1) is 13.1. The van der Waals surface area contributed by atoms with Gasteiger partial charge in [-0.05, 0) is 12.1 Å². The monoisotopic (exact) mass is 273 g/mol. The molecule has 0 saturated carbocycles. The van der Waals surface area contributed by atoms with E-state index in [2.05, 4.69) is 0 Å². The summed E-state index contributed by atoms with van der Waals surface area (Å²) in [4.78, 5) is 0.172. The Kier molecular flexibility index (Phi) is 3.74. The molecule has 0 radical (unpaired) electrons. The summed E-state index contributed by atoms with van der Waals surface area (Å²) in [6.45, 7) is 0.889. The Balaban J connectivity index is 2.38. The van der Waals surface area contributed by atoms with E-state index >= 15 is 0 Å². The van der Waals surface area contributed by atoms with Crippen LogP contribution in [-0.4, -0.2) is 46.8 Å². The second-order valence-electron chi connectivity index (χ2n) is 3.73. The predicted molar refractivity (Wildman–Crippen MR) is 64.3 cm³/mol. The summed E-state index contributed by atoms with van der Waals surface area (Å²) >= 11 is 0. The minimum atomic E-state index is -3.52. The first-order chi connectivity index (χ1) is 8.59. The molecule has 0 bridgehead atoms. The molecular weight excluding hydrogens is 258 g/mol. The lowest BCUT2D eigenvalue weighted by Crippen LogP contribution is -2.28. The first-order valence-electron chi connectivity index (χ1n) is 5.39. The van der Waals surface area contributed by atoms with Crippen molar-refractivity contribution in [3.63, 3.8) is 0 Å². The first-order valence-corrected chi connectivity index (χ1v) is 6.83. The lowest BCUT2D eigenvalue weighted by atomic mass is 10.3. The zero-order chi connectivity index (χ0) is 13.2. The van der Waals surface area contributed by atoms with Crippen molar-refractivity contribution in [3.05, 3.63) is 18.2 Å². The number of sulfonamides is 1. The van der Waals surface area contributed by atoms with Gasteiger partial charge in [0, 0.05) is 12.6 Å². The number of ether oxygens (including phenoxy) is 3. The molecule has 6 nitrogen and oxygen atoms in total. The Morgan fingerprint density at radius 1 is 1.22 bits per heavy atom. The van der Waals surface area contributed by atoms with E-state index in [0.29, 0.717) is 24.7 Å². The summed E-state index contributed by atoms with van der Waals surface area (Å²) < 4.78 is 41.0. The maximum absolute atomic E-state index is 12.3. The van der Waals surface area contributed by atoms with Gasteiger partial charge in [-0.25, -0.2) is 8.42 Å². The molecule has 7 heteroatoms. The lowest BCUT2D eigenvalue weighted by molar-refractivity contribution is 0.172. The Morgan fingerprint density at radius 2 is 1.94 bits per heavy atom. The van der Waals surface area contributed by atoms with Crippen LogP contribution in [0.5, 0.6) is 11.5 Å². The zero-order valence-electron chi connectivity index (χ0n) is 10.3. The van der Waals surface area contributed by atoms with Crippen molar-refractivity contribution in [2.45, 2.75) is 4.90 Å². The SMILES string of the molecule is COc1ccc(S(=O)(=O)N2CCOC2)cc1OC. The smallest absolute Gasteiger partial charge is 0.245 e. The molecule has 100 valence electrons. The molecule has 0 unspecified atom stereocenters. The average molecular weight is 273 g/mol. The van der Waals surface area contributed by atoms with Gasteiger partial charge in [-0.2, -0.15) is 4.31 Å². The van der Waals surface area contributed by atoms with E-state index in [1.807, 2.05) is 0 Å². The molecule has 1 fully saturated rings. The molecule has 0 aromatic heterocycles. The van der Waals surface area contributed by atoms with Gasteiger partial charge in [0.2, 0.25) is 10.0 Å². The second-order valence-corrected chi connectivity index (χ2v) is 5.67. The van der Waals surface area contributed by atoms with Gasteiger partial charge in [-0.3, -0.25) is 0 Å². The Bertz CT molecular complexity index is 522. The van der Waals surface area contributed by atoms with E-state index in [1.165, 1.54) is 30.7 Å². The third kappa shape index (κ3) is 2.29. The Morgan fingerprint density at radius 3 is 2.50 bits per heavy atom. The van der Waals surface area contributed by atoms with Crippen LogP contribution in [0.25, 0.3) is 0 Å². The highest BCUT2D eigenvalue weighted by Gasteiger charge is 2.28. The molecule has 0 N–H and O–H groups in total. The quantitative estimate of drug-likeness (QED) is 0.807. The van der Waals surface area contributed by atoms with E-state index in [9.17, 15) is 8.42 Å². The lowest BCUT2D eigenvalue weighted by Gasteiger charge is -2.15. The van der Waals surface area contributed by atoms with Gasteiger partial charge in [0.05, 0.1) is 25.7 Å². The van der Waals surface area contributed by atoms with Gasteiger partial charge in [0.25, 0.3) is 0 Å². The number of methoxy groups -OCH3 is 2. The molecule has 18 heavy (non-hydrogen) atoms. The second kappa shape index (κ2) is 5.13. The van der Waals surface area contributed by atoms with Crippen molar-refractivity contribution >= 4 is 10.0 Å². The molecule has 0 spiro atoms. The highest BCUT2D eigenvalue weighted by molar-refractivity contribution is 7.89. The van der Waals surface area contributed by atoms with Crippen LogP contribution in [0.1, 0.15) is 0 Å². The Hall–Kier alpha value is -1.31. The van der Waals surface area contributed by atoms with Crippen molar-refractivity contribution in [3.8, 4) is 11.5 Å². The molecule has 1 aromatic rings. The van der Waals surface area contributed by atoms with E-state index in [1.54, 1.807) is 6.07 Å². The van der Waals surface area contributed by atoms with Gasteiger partial charge in [0.15, 0.2) is 11.5 Å².